The topological polar surface area (TPSA) is 120 Å². The Hall–Kier alpha value is -0.290. The quantitative estimate of drug-likeness (QED) is 0.433. The first-order valence-corrected chi connectivity index (χ1v) is 13.7. The molecule has 0 amide bonds. The van der Waals surface area contributed by atoms with Gasteiger partial charge in [-0.3, -0.25) is 4.55 Å². The van der Waals surface area contributed by atoms with Gasteiger partial charge in [-0.2, -0.15) is 18.2 Å². The molecule has 5 aliphatic carbocycles. The number of hydrogen-bond acceptors (Lipinski definition) is 7. The number of hydrogen-bond donors (Lipinski definition) is 3. The Morgan fingerprint density at radius 1 is 1.03 bits per heavy atom. The molecule has 180 valence electrons. The minimum atomic E-state index is -3.67. The lowest BCUT2D eigenvalue weighted by molar-refractivity contribution is -0.390. The van der Waals surface area contributed by atoms with E-state index in [9.17, 15) is 8.42 Å². The maximum Gasteiger partial charge on any atom is 0.261 e. The van der Waals surface area contributed by atoms with E-state index in [-0.39, 0.29) is 5.54 Å². The summed E-state index contributed by atoms with van der Waals surface area (Å²) in [5.74, 6) is 2.75. The molecule has 1 aliphatic heterocycles. The number of nitrogens with two attached hydrogens (primary N) is 1. The van der Waals surface area contributed by atoms with Crippen molar-refractivity contribution in [2.24, 2.45) is 35.3 Å². The van der Waals surface area contributed by atoms with Gasteiger partial charge in [0.2, 0.25) is 11.6 Å². The number of rotatable bonds is 4. The highest BCUT2D eigenvalue weighted by Crippen LogP contribution is 2.63. The van der Waals surface area contributed by atoms with Gasteiger partial charge in [0.15, 0.2) is 0 Å². The second-order valence-electron chi connectivity index (χ2n) is 11.5. The van der Waals surface area contributed by atoms with Gasteiger partial charge in [-0.25, -0.2) is 0 Å². The average molecular weight is 461 g/mol. The van der Waals surface area contributed by atoms with Crippen LogP contribution in [0.5, 0.6) is 0 Å². The van der Waals surface area contributed by atoms with Crippen LogP contribution >= 0.6 is 0 Å². The van der Waals surface area contributed by atoms with Crippen molar-refractivity contribution in [3.8, 4) is 0 Å². The highest BCUT2D eigenvalue weighted by Gasteiger charge is 2.66. The van der Waals surface area contributed by atoms with Crippen molar-refractivity contribution in [2.75, 3.05) is 19.3 Å². The van der Waals surface area contributed by atoms with Crippen molar-refractivity contribution < 1.29 is 27.5 Å². The normalized spacial score (nSPS) is 44.0. The van der Waals surface area contributed by atoms with Crippen molar-refractivity contribution in [2.45, 2.75) is 88.7 Å². The van der Waals surface area contributed by atoms with Gasteiger partial charge in [0.05, 0.1) is 6.26 Å². The van der Waals surface area contributed by atoms with Gasteiger partial charge < -0.3 is 15.8 Å². The van der Waals surface area contributed by atoms with E-state index in [1.165, 1.54) is 32.1 Å². The molecule has 4 N–H and O–H groups in total. The molecule has 1 heterocycles. The Bertz CT molecular complexity index is 706. The van der Waals surface area contributed by atoms with Gasteiger partial charge in [-0.15, -0.1) is 0 Å². The number of nitrogens with one attached hydrogen (secondary N) is 1. The molecule has 0 unspecified atom stereocenters. The summed E-state index contributed by atoms with van der Waals surface area (Å²) in [6, 6.07) is 0. The van der Waals surface area contributed by atoms with Crippen molar-refractivity contribution in [1.29, 1.82) is 0 Å². The van der Waals surface area contributed by atoms with Crippen LogP contribution in [-0.4, -0.2) is 49.4 Å². The Morgan fingerprint density at radius 3 is 2.03 bits per heavy atom. The van der Waals surface area contributed by atoms with Gasteiger partial charge in [-0.1, -0.05) is 0 Å². The third-order valence-corrected chi connectivity index (χ3v) is 7.83. The molecule has 6 aliphatic rings. The van der Waals surface area contributed by atoms with Crippen molar-refractivity contribution in [3.63, 3.8) is 0 Å². The first-order chi connectivity index (χ1) is 14.4. The lowest BCUT2D eigenvalue weighted by Crippen LogP contribution is -2.59. The molecule has 5 saturated carbocycles. The summed E-state index contributed by atoms with van der Waals surface area (Å²) in [5.41, 5.74) is 5.92. The summed E-state index contributed by atoms with van der Waals surface area (Å²) >= 11 is 0. The zero-order chi connectivity index (χ0) is 22.5. The van der Waals surface area contributed by atoms with Gasteiger partial charge in [-0.05, 0) is 83.1 Å². The van der Waals surface area contributed by atoms with Crippen LogP contribution in [-0.2, 0) is 24.6 Å². The van der Waals surface area contributed by atoms with Crippen LogP contribution in [0.15, 0.2) is 0 Å². The molecule has 8 nitrogen and oxygen atoms in total. The third-order valence-electron chi connectivity index (χ3n) is 7.83. The first kappa shape index (κ1) is 23.9. The molecule has 0 aromatic carbocycles. The molecule has 9 heteroatoms. The Labute approximate surface area is 186 Å². The van der Waals surface area contributed by atoms with Crippen LogP contribution in [0.25, 0.3) is 0 Å². The predicted molar refractivity (Wildman–Crippen MR) is 116 cm³/mol. The molecule has 2 spiro atoms. The zero-order valence-corrected chi connectivity index (χ0v) is 20.0. The first-order valence-electron chi connectivity index (χ1n) is 11.8. The summed E-state index contributed by atoms with van der Waals surface area (Å²) < 4.78 is 32.6. The third kappa shape index (κ3) is 5.62. The lowest BCUT2D eigenvalue weighted by Gasteiger charge is -2.57. The molecule has 0 atom stereocenters. The molecular weight excluding hydrogens is 420 g/mol. The summed E-state index contributed by atoms with van der Waals surface area (Å²) in [6.07, 6.45) is 11.5. The smallest absolute Gasteiger partial charge is 0.261 e. The standard InChI is InChI=1S/C21H36N2O3.CH4O3S/c1-19(2,22)13-23-12-14-3-5-20(6-4-14)24-21(26-25-20)17-8-15-7-16(10-17)11-18(21)9-15;1-5(2,3)4/h14-18,23H,3-13,22H2,1-2H3;1H3,(H,2,3,4). The summed E-state index contributed by atoms with van der Waals surface area (Å²) in [6.45, 7) is 6.03. The van der Waals surface area contributed by atoms with E-state index in [2.05, 4.69) is 19.2 Å². The van der Waals surface area contributed by atoms with E-state index in [0.717, 1.165) is 50.6 Å². The molecule has 6 fully saturated rings. The Morgan fingerprint density at radius 2 is 1.55 bits per heavy atom. The maximum atomic E-state index is 9.19. The molecule has 0 aromatic heterocycles. The number of ether oxygens (including phenoxy) is 1. The minimum Gasteiger partial charge on any atom is -0.324 e. The summed E-state index contributed by atoms with van der Waals surface area (Å²) in [7, 11) is -3.67. The van der Waals surface area contributed by atoms with Crippen LogP contribution in [0.3, 0.4) is 0 Å². The van der Waals surface area contributed by atoms with E-state index < -0.39 is 21.7 Å². The Balaban J connectivity index is 0.000000418. The second kappa shape index (κ2) is 8.49. The van der Waals surface area contributed by atoms with Gasteiger partial charge >= 0.3 is 0 Å². The fraction of sp³-hybridized carbons (Fsp3) is 1.00. The van der Waals surface area contributed by atoms with Crippen molar-refractivity contribution in [1.82, 2.24) is 5.32 Å². The van der Waals surface area contributed by atoms with Crippen molar-refractivity contribution >= 4 is 10.1 Å². The van der Waals surface area contributed by atoms with E-state index in [0.29, 0.717) is 24.0 Å². The van der Waals surface area contributed by atoms with E-state index in [1.54, 1.807) is 0 Å². The molecule has 4 bridgehead atoms. The van der Waals surface area contributed by atoms with Gasteiger partial charge in [0, 0.05) is 36.8 Å². The maximum absolute atomic E-state index is 9.19. The molecule has 0 aromatic rings. The van der Waals surface area contributed by atoms with Crippen LogP contribution in [0.2, 0.25) is 0 Å². The van der Waals surface area contributed by atoms with E-state index in [1.807, 2.05) is 0 Å². The fourth-order valence-electron chi connectivity index (χ4n) is 6.72. The van der Waals surface area contributed by atoms with E-state index in [4.69, 9.17) is 24.8 Å². The predicted octanol–water partition coefficient (Wildman–Crippen LogP) is 2.83. The molecule has 6 rings (SSSR count). The van der Waals surface area contributed by atoms with Crippen LogP contribution in [0, 0.1) is 29.6 Å². The van der Waals surface area contributed by atoms with Crippen LogP contribution in [0.1, 0.15) is 71.6 Å². The van der Waals surface area contributed by atoms with Crippen molar-refractivity contribution in [3.05, 3.63) is 0 Å². The van der Waals surface area contributed by atoms with Crippen LogP contribution < -0.4 is 11.1 Å². The molecular formula is C22H40N2O6S. The SMILES string of the molecule is CC(C)(N)CNCC1CCC2(CC1)OOC1(O2)C2CC3CC(C2)CC1C3.CS(=O)(=O)O. The highest BCUT2D eigenvalue weighted by molar-refractivity contribution is 7.85. The molecule has 0 radical (unpaired) electrons. The van der Waals surface area contributed by atoms with Crippen LogP contribution in [0.4, 0.5) is 0 Å². The average Bonchev–Trinajstić information content (AvgIpc) is 2.99. The fourth-order valence-corrected chi connectivity index (χ4v) is 6.72. The lowest BCUT2D eigenvalue weighted by atomic mass is 9.53. The minimum absolute atomic E-state index is 0.146. The molecule has 1 saturated heterocycles. The summed E-state index contributed by atoms with van der Waals surface area (Å²) in [5, 5.41) is 3.54. The van der Waals surface area contributed by atoms with Gasteiger partial charge in [0.1, 0.15) is 0 Å². The zero-order valence-electron chi connectivity index (χ0n) is 19.1. The molecule has 31 heavy (non-hydrogen) atoms. The summed E-state index contributed by atoms with van der Waals surface area (Å²) in [4.78, 5) is 12.1. The monoisotopic (exact) mass is 460 g/mol. The van der Waals surface area contributed by atoms with E-state index >= 15 is 0 Å². The Kier molecular flexibility index (Phi) is 6.53. The second-order valence-corrected chi connectivity index (χ2v) is 13.0. The highest BCUT2D eigenvalue weighted by atomic mass is 32.2. The largest absolute Gasteiger partial charge is 0.324 e. The van der Waals surface area contributed by atoms with Gasteiger partial charge in [0.25, 0.3) is 10.1 Å².